The van der Waals surface area contributed by atoms with Crippen LogP contribution in [0.3, 0.4) is 0 Å². The van der Waals surface area contributed by atoms with E-state index in [0.29, 0.717) is 0 Å². The second kappa shape index (κ2) is 6.43. The van der Waals surface area contributed by atoms with E-state index in [2.05, 4.69) is 48.2 Å². The van der Waals surface area contributed by atoms with Crippen molar-refractivity contribution in [2.45, 2.75) is 33.2 Å². The molecule has 1 atom stereocenters. The van der Waals surface area contributed by atoms with Crippen LogP contribution in [0.4, 0.5) is 0 Å². The molecule has 2 rings (SSSR count). The molecule has 2 aromatic heterocycles. The van der Waals surface area contributed by atoms with Gasteiger partial charge in [0.15, 0.2) is 0 Å². The van der Waals surface area contributed by atoms with Crippen molar-refractivity contribution in [3.63, 3.8) is 0 Å². The number of nitrogens with zero attached hydrogens (tertiary/aromatic N) is 2. The van der Waals surface area contributed by atoms with Crippen molar-refractivity contribution in [3.8, 4) is 0 Å². The van der Waals surface area contributed by atoms with Gasteiger partial charge in [-0.2, -0.15) is 0 Å². The van der Waals surface area contributed by atoms with E-state index in [1.54, 1.807) is 0 Å². The Balaban J connectivity index is 2.38. The second-order valence-electron chi connectivity index (χ2n) is 4.86. The average Bonchev–Trinajstić information content (AvgIpc) is 2.41. The lowest BCUT2D eigenvalue weighted by Gasteiger charge is -2.21. The van der Waals surface area contributed by atoms with Crippen molar-refractivity contribution in [1.82, 2.24) is 15.3 Å². The molecule has 0 bridgehead atoms. The molecule has 0 aliphatic carbocycles. The number of hydrogen-bond acceptors (Lipinski definition) is 3. The number of hydrogen-bond donors (Lipinski definition) is 1. The molecule has 0 saturated heterocycles. The van der Waals surface area contributed by atoms with Crippen LogP contribution in [0.15, 0.2) is 36.8 Å². The maximum absolute atomic E-state index is 4.40. The van der Waals surface area contributed by atoms with Gasteiger partial charge in [0.25, 0.3) is 0 Å². The first-order valence-corrected chi connectivity index (χ1v) is 6.78. The van der Waals surface area contributed by atoms with Gasteiger partial charge in [0.05, 0.1) is 6.04 Å². The molecule has 3 nitrogen and oxygen atoms in total. The molecule has 0 saturated carbocycles. The van der Waals surface area contributed by atoms with E-state index in [-0.39, 0.29) is 6.04 Å². The van der Waals surface area contributed by atoms with E-state index in [1.807, 2.05) is 24.7 Å². The summed E-state index contributed by atoms with van der Waals surface area (Å²) in [5.41, 5.74) is 4.67. The van der Waals surface area contributed by atoms with Gasteiger partial charge in [-0.3, -0.25) is 9.97 Å². The normalized spacial score (nSPS) is 12.4. The summed E-state index contributed by atoms with van der Waals surface area (Å²) >= 11 is 0. The highest BCUT2D eigenvalue weighted by Crippen LogP contribution is 2.23. The third-order valence-electron chi connectivity index (χ3n) is 3.19. The van der Waals surface area contributed by atoms with E-state index in [1.165, 1.54) is 16.7 Å². The summed E-state index contributed by atoms with van der Waals surface area (Å²) in [6.07, 6.45) is 6.77. The first-order valence-electron chi connectivity index (χ1n) is 6.78. The van der Waals surface area contributed by atoms with Crippen LogP contribution in [-0.2, 0) is 0 Å². The zero-order valence-electron chi connectivity index (χ0n) is 11.9. The van der Waals surface area contributed by atoms with E-state index in [4.69, 9.17) is 0 Å². The quantitative estimate of drug-likeness (QED) is 0.891. The van der Waals surface area contributed by atoms with Crippen molar-refractivity contribution in [2.75, 3.05) is 6.54 Å². The largest absolute Gasteiger partial charge is 0.306 e. The highest BCUT2D eigenvalue weighted by Gasteiger charge is 2.16. The monoisotopic (exact) mass is 255 g/mol. The minimum Gasteiger partial charge on any atom is -0.306 e. The fourth-order valence-electron chi connectivity index (χ4n) is 2.23. The summed E-state index contributed by atoms with van der Waals surface area (Å²) in [6, 6.07) is 6.48. The molecule has 0 aliphatic rings. The fraction of sp³-hybridized carbons (Fsp3) is 0.375. The van der Waals surface area contributed by atoms with Crippen LogP contribution in [0, 0.1) is 13.8 Å². The van der Waals surface area contributed by atoms with Crippen molar-refractivity contribution in [3.05, 3.63) is 59.2 Å². The van der Waals surface area contributed by atoms with Crippen LogP contribution in [0.25, 0.3) is 0 Å². The first-order chi connectivity index (χ1) is 9.22. The molecule has 0 aliphatic heterocycles. The summed E-state index contributed by atoms with van der Waals surface area (Å²) in [6.45, 7) is 7.28. The van der Waals surface area contributed by atoms with Crippen LogP contribution in [0.1, 0.15) is 41.8 Å². The lowest BCUT2D eigenvalue weighted by molar-refractivity contribution is 0.592. The van der Waals surface area contributed by atoms with Crippen molar-refractivity contribution in [1.29, 1.82) is 0 Å². The smallest absolute Gasteiger partial charge is 0.0610 e. The zero-order valence-corrected chi connectivity index (χ0v) is 11.9. The number of aryl methyl sites for hydroxylation is 2. The third-order valence-corrected chi connectivity index (χ3v) is 3.19. The van der Waals surface area contributed by atoms with Gasteiger partial charge in [0, 0.05) is 24.3 Å². The Bertz CT molecular complexity index is 537. The van der Waals surface area contributed by atoms with E-state index < -0.39 is 0 Å². The molecule has 100 valence electrons. The highest BCUT2D eigenvalue weighted by atomic mass is 14.9. The Morgan fingerprint density at radius 2 is 2.11 bits per heavy atom. The topological polar surface area (TPSA) is 37.8 Å². The van der Waals surface area contributed by atoms with Crippen molar-refractivity contribution < 1.29 is 0 Å². The van der Waals surface area contributed by atoms with E-state index in [0.717, 1.165) is 18.7 Å². The van der Waals surface area contributed by atoms with Crippen LogP contribution >= 0.6 is 0 Å². The van der Waals surface area contributed by atoms with Gasteiger partial charge in [0.1, 0.15) is 0 Å². The summed E-state index contributed by atoms with van der Waals surface area (Å²) in [7, 11) is 0. The Hall–Kier alpha value is -1.74. The first kappa shape index (κ1) is 13.7. The van der Waals surface area contributed by atoms with Crippen LogP contribution in [0.5, 0.6) is 0 Å². The summed E-state index contributed by atoms with van der Waals surface area (Å²) in [4.78, 5) is 8.70. The van der Waals surface area contributed by atoms with Gasteiger partial charge in [0.2, 0.25) is 0 Å². The van der Waals surface area contributed by atoms with Gasteiger partial charge in [-0.15, -0.1) is 0 Å². The Morgan fingerprint density at radius 1 is 1.26 bits per heavy atom. The minimum atomic E-state index is 0.168. The number of pyridine rings is 2. The van der Waals surface area contributed by atoms with Crippen LogP contribution in [-0.4, -0.2) is 16.5 Å². The highest BCUT2D eigenvalue weighted by molar-refractivity contribution is 5.33. The molecule has 2 heterocycles. The van der Waals surface area contributed by atoms with E-state index in [9.17, 15) is 0 Å². The summed E-state index contributed by atoms with van der Waals surface area (Å²) in [5.74, 6) is 0. The van der Waals surface area contributed by atoms with Gasteiger partial charge in [-0.1, -0.05) is 19.1 Å². The molecule has 0 amide bonds. The predicted molar refractivity (Wildman–Crippen MR) is 78.1 cm³/mol. The molecule has 0 radical (unpaired) electrons. The van der Waals surface area contributed by atoms with E-state index >= 15 is 0 Å². The van der Waals surface area contributed by atoms with Crippen molar-refractivity contribution >= 4 is 0 Å². The molecule has 3 heteroatoms. The average molecular weight is 255 g/mol. The maximum Gasteiger partial charge on any atom is 0.0610 e. The van der Waals surface area contributed by atoms with Crippen molar-refractivity contribution in [2.24, 2.45) is 0 Å². The maximum atomic E-state index is 4.40. The fourth-order valence-corrected chi connectivity index (χ4v) is 2.23. The summed E-state index contributed by atoms with van der Waals surface area (Å²) in [5, 5.41) is 3.59. The SMILES string of the molecule is CCCNC(c1cncc(C)c1)c1cccnc1C. The Labute approximate surface area is 115 Å². The Kier molecular flexibility index (Phi) is 4.63. The molecular weight excluding hydrogens is 234 g/mol. The number of rotatable bonds is 5. The second-order valence-corrected chi connectivity index (χ2v) is 4.86. The predicted octanol–water partition coefficient (Wildman–Crippen LogP) is 3.18. The van der Waals surface area contributed by atoms with Gasteiger partial charge >= 0.3 is 0 Å². The van der Waals surface area contributed by atoms with Gasteiger partial charge < -0.3 is 5.32 Å². The zero-order chi connectivity index (χ0) is 13.7. The number of aromatic nitrogens is 2. The lowest BCUT2D eigenvalue weighted by Crippen LogP contribution is -2.24. The molecule has 0 spiro atoms. The standard InChI is InChI=1S/C16H21N3/c1-4-7-19-16(14-9-12(2)10-17-11-14)15-6-5-8-18-13(15)3/h5-6,8-11,16,19H,4,7H2,1-3H3. The third kappa shape index (κ3) is 3.38. The molecular formula is C16H21N3. The molecule has 2 aromatic rings. The number of nitrogens with one attached hydrogen (secondary N) is 1. The Morgan fingerprint density at radius 3 is 2.79 bits per heavy atom. The molecule has 19 heavy (non-hydrogen) atoms. The van der Waals surface area contributed by atoms with Crippen LogP contribution in [0.2, 0.25) is 0 Å². The summed E-state index contributed by atoms with van der Waals surface area (Å²) < 4.78 is 0. The minimum absolute atomic E-state index is 0.168. The lowest BCUT2D eigenvalue weighted by atomic mass is 9.98. The van der Waals surface area contributed by atoms with Crippen LogP contribution < -0.4 is 5.32 Å². The van der Waals surface area contributed by atoms with Gasteiger partial charge in [-0.25, -0.2) is 0 Å². The molecule has 1 unspecified atom stereocenters. The molecule has 0 aromatic carbocycles. The molecule has 0 fully saturated rings. The van der Waals surface area contributed by atoms with Gasteiger partial charge in [-0.05, 0) is 49.6 Å². The molecule has 1 N–H and O–H groups in total.